The summed E-state index contributed by atoms with van der Waals surface area (Å²) < 4.78 is 0. The molecule has 0 radical (unpaired) electrons. The lowest BCUT2D eigenvalue weighted by atomic mass is 9.59. The van der Waals surface area contributed by atoms with Crippen LogP contribution in [0, 0.1) is 23.7 Å². The number of rotatable bonds is 1. The van der Waals surface area contributed by atoms with Crippen LogP contribution in [-0.2, 0) is 0 Å². The van der Waals surface area contributed by atoms with Crippen molar-refractivity contribution in [2.45, 2.75) is 53.4 Å². The molecule has 3 rings (SSSR count). The molecule has 3 atom stereocenters. The monoisotopic (exact) mass is 192 g/mol. The van der Waals surface area contributed by atoms with Gasteiger partial charge in [-0.1, -0.05) is 25.0 Å². The topological polar surface area (TPSA) is 0 Å². The molecule has 0 aromatic heterocycles. The summed E-state index contributed by atoms with van der Waals surface area (Å²) >= 11 is 0. The molecule has 0 aromatic rings. The van der Waals surface area contributed by atoms with E-state index in [0.717, 1.165) is 23.7 Å². The zero-order valence-corrected chi connectivity index (χ0v) is 10.1. The van der Waals surface area contributed by atoms with E-state index in [1.165, 1.54) is 25.7 Å². The van der Waals surface area contributed by atoms with Gasteiger partial charge in [0.2, 0.25) is 0 Å². The molecule has 0 heterocycles. The Bertz CT molecular complexity index is 243. The third-order valence-electron chi connectivity index (χ3n) is 4.52. The Kier molecular flexibility index (Phi) is 2.72. The van der Waals surface area contributed by atoms with E-state index >= 15 is 0 Å². The Morgan fingerprint density at radius 2 is 1.93 bits per heavy atom. The number of hydrogen-bond donors (Lipinski definition) is 0. The molecule has 3 fully saturated rings. The normalized spacial score (nSPS) is 36.6. The summed E-state index contributed by atoms with van der Waals surface area (Å²) in [6.45, 7) is 9.43. The second-order valence-corrected chi connectivity index (χ2v) is 5.91. The molecule has 2 bridgehead atoms. The van der Waals surface area contributed by atoms with Crippen molar-refractivity contribution in [1.82, 2.24) is 0 Å². The summed E-state index contributed by atoms with van der Waals surface area (Å²) in [6.07, 6.45) is 5.90. The molecule has 0 aromatic carbocycles. The molecule has 0 saturated heterocycles. The molecule has 3 aliphatic rings. The van der Waals surface area contributed by atoms with E-state index in [1.54, 1.807) is 5.57 Å². The van der Waals surface area contributed by atoms with Gasteiger partial charge in [-0.3, -0.25) is 0 Å². The van der Waals surface area contributed by atoms with E-state index < -0.39 is 0 Å². The molecule has 0 nitrogen and oxygen atoms in total. The molecule has 3 unspecified atom stereocenters. The zero-order valence-electron chi connectivity index (χ0n) is 10.1. The van der Waals surface area contributed by atoms with Gasteiger partial charge in [-0.05, 0) is 63.2 Å². The first-order chi connectivity index (χ1) is 6.59. The van der Waals surface area contributed by atoms with E-state index in [2.05, 4.69) is 27.7 Å². The first kappa shape index (κ1) is 10.3. The van der Waals surface area contributed by atoms with Gasteiger partial charge in [-0.25, -0.2) is 0 Å². The molecule has 0 N–H and O–H groups in total. The van der Waals surface area contributed by atoms with Crippen molar-refractivity contribution in [2.75, 3.05) is 0 Å². The van der Waals surface area contributed by atoms with Gasteiger partial charge < -0.3 is 0 Å². The van der Waals surface area contributed by atoms with E-state index in [-0.39, 0.29) is 0 Å². The van der Waals surface area contributed by atoms with Gasteiger partial charge in [-0.2, -0.15) is 0 Å². The van der Waals surface area contributed by atoms with Crippen LogP contribution >= 0.6 is 0 Å². The van der Waals surface area contributed by atoms with Crippen LogP contribution < -0.4 is 0 Å². The van der Waals surface area contributed by atoms with Gasteiger partial charge >= 0.3 is 0 Å². The minimum absolute atomic E-state index is 0.904. The van der Waals surface area contributed by atoms with Crippen LogP contribution in [0.15, 0.2) is 11.1 Å². The lowest BCUT2D eigenvalue weighted by Gasteiger charge is -2.46. The Hall–Kier alpha value is -0.260. The van der Waals surface area contributed by atoms with Gasteiger partial charge in [-0.15, -0.1) is 0 Å². The van der Waals surface area contributed by atoms with Gasteiger partial charge in [0.05, 0.1) is 0 Å². The minimum Gasteiger partial charge on any atom is -0.0769 e. The summed E-state index contributed by atoms with van der Waals surface area (Å²) in [4.78, 5) is 0. The second-order valence-electron chi connectivity index (χ2n) is 5.91. The van der Waals surface area contributed by atoms with Gasteiger partial charge in [0.25, 0.3) is 0 Å². The van der Waals surface area contributed by atoms with Gasteiger partial charge in [0, 0.05) is 0 Å². The fraction of sp³-hybridized carbons (Fsp3) is 0.857. The van der Waals surface area contributed by atoms with E-state index in [0.29, 0.717) is 0 Å². The van der Waals surface area contributed by atoms with Crippen molar-refractivity contribution in [3.8, 4) is 0 Å². The average Bonchev–Trinajstić information content (AvgIpc) is 2.18. The Balaban J connectivity index is 2.16. The van der Waals surface area contributed by atoms with Crippen LogP contribution in [0.3, 0.4) is 0 Å². The van der Waals surface area contributed by atoms with Crippen LogP contribution in [0.4, 0.5) is 0 Å². The van der Waals surface area contributed by atoms with Crippen molar-refractivity contribution >= 4 is 0 Å². The highest BCUT2D eigenvalue weighted by Gasteiger charge is 2.39. The van der Waals surface area contributed by atoms with Crippen molar-refractivity contribution in [3.63, 3.8) is 0 Å². The SMILES string of the molecule is CC(C)=C1CC2CCC1CC2C(C)C. The molecule has 3 aliphatic carbocycles. The van der Waals surface area contributed by atoms with Crippen LogP contribution in [0.1, 0.15) is 53.4 Å². The third-order valence-corrected chi connectivity index (χ3v) is 4.52. The number of allylic oxidation sites excluding steroid dienone is 2. The number of hydrogen-bond acceptors (Lipinski definition) is 0. The van der Waals surface area contributed by atoms with Crippen LogP contribution in [0.5, 0.6) is 0 Å². The number of fused-ring (bicyclic) bond motifs is 3. The smallest absolute Gasteiger partial charge is 0.0198 e. The maximum Gasteiger partial charge on any atom is -0.0198 e. The van der Waals surface area contributed by atoms with Crippen molar-refractivity contribution in [2.24, 2.45) is 23.7 Å². The van der Waals surface area contributed by atoms with Crippen molar-refractivity contribution < 1.29 is 0 Å². The molecular formula is C14H24. The maximum atomic E-state index is 2.41. The highest BCUT2D eigenvalue weighted by molar-refractivity contribution is 5.20. The fourth-order valence-corrected chi connectivity index (χ4v) is 3.72. The van der Waals surface area contributed by atoms with Crippen LogP contribution in [-0.4, -0.2) is 0 Å². The highest BCUT2D eigenvalue weighted by Crippen LogP contribution is 2.51. The molecule has 0 heteroatoms. The second kappa shape index (κ2) is 3.72. The summed E-state index contributed by atoms with van der Waals surface area (Å²) in [5.41, 5.74) is 3.43. The molecule has 80 valence electrons. The summed E-state index contributed by atoms with van der Waals surface area (Å²) in [6, 6.07) is 0. The van der Waals surface area contributed by atoms with E-state index in [9.17, 15) is 0 Å². The fourth-order valence-electron chi connectivity index (χ4n) is 3.72. The van der Waals surface area contributed by atoms with Gasteiger partial charge in [0.15, 0.2) is 0 Å². The summed E-state index contributed by atoms with van der Waals surface area (Å²) in [5.74, 6) is 3.90. The lowest BCUT2D eigenvalue weighted by Crippen LogP contribution is -2.35. The van der Waals surface area contributed by atoms with Gasteiger partial charge in [0.1, 0.15) is 0 Å². The molecule has 3 saturated carbocycles. The molecular weight excluding hydrogens is 168 g/mol. The van der Waals surface area contributed by atoms with E-state index in [1.807, 2.05) is 5.57 Å². The first-order valence-electron chi connectivity index (χ1n) is 6.25. The lowest BCUT2D eigenvalue weighted by molar-refractivity contribution is 0.108. The van der Waals surface area contributed by atoms with Crippen LogP contribution in [0.25, 0.3) is 0 Å². The predicted octanol–water partition coefficient (Wildman–Crippen LogP) is 4.42. The largest absolute Gasteiger partial charge is 0.0769 e. The Labute approximate surface area is 88.8 Å². The quantitative estimate of drug-likeness (QED) is 0.540. The summed E-state index contributed by atoms with van der Waals surface area (Å²) in [5, 5.41) is 0. The molecule has 14 heavy (non-hydrogen) atoms. The van der Waals surface area contributed by atoms with Crippen molar-refractivity contribution in [3.05, 3.63) is 11.1 Å². The predicted molar refractivity (Wildman–Crippen MR) is 62.2 cm³/mol. The Morgan fingerprint density at radius 1 is 1.21 bits per heavy atom. The van der Waals surface area contributed by atoms with E-state index in [4.69, 9.17) is 0 Å². The van der Waals surface area contributed by atoms with Crippen LogP contribution in [0.2, 0.25) is 0 Å². The van der Waals surface area contributed by atoms with Crippen molar-refractivity contribution in [1.29, 1.82) is 0 Å². The molecule has 0 aliphatic heterocycles. The summed E-state index contributed by atoms with van der Waals surface area (Å²) in [7, 11) is 0. The highest BCUT2D eigenvalue weighted by atomic mass is 14.4. The average molecular weight is 192 g/mol. The standard InChI is InChI=1S/C14H24/c1-9(2)13-7-12-6-5-11(13)8-14(12)10(3)4/h9,11-13H,5-8H2,1-4H3. The minimum atomic E-state index is 0.904. The zero-order chi connectivity index (χ0) is 10.3. The Morgan fingerprint density at radius 3 is 2.36 bits per heavy atom. The maximum absolute atomic E-state index is 2.41. The molecule has 0 spiro atoms. The first-order valence-corrected chi connectivity index (χ1v) is 6.25. The third kappa shape index (κ3) is 1.64. The molecule has 0 amide bonds.